The van der Waals surface area contributed by atoms with E-state index in [0.29, 0.717) is 0 Å². The zero-order valence-electron chi connectivity index (χ0n) is 11.6. The standard InChI is InChI=1S/C15H21N3S/c1-11-17-14-6-5-13(8-15(14)19-11)16-9-12-4-3-7-18(2)10-12/h5-6,8,12,16H,3-4,7,9-10H2,1-2H3. The van der Waals surface area contributed by atoms with Gasteiger partial charge >= 0.3 is 0 Å². The molecule has 1 N–H and O–H groups in total. The Morgan fingerprint density at radius 2 is 2.37 bits per heavy atom. The molecule has 3 rings (SSSR count). The molecule has 0 radical (unpaired) electrons. The maximum absolute atomic E-state index is 4.50. The maximum Gasteiger partial charge on any atom is 0.0907 e. The second-order valence-electron chi connectivity index (χ2n) is 5.57. The number of anilines is 1. The summed E-state index contributed by atoms with van der Waals surface area (Å²) in [6.07, 6.45) is 2.68. The Bertz CT molecular complexity index is 564. The highest BCUT2D eigenvalue weighted by molar-refractivity contribution is 7.18. The van der Waals surface area contributed by atoms with Gasteiger partial charge in [-0.2, -0.15) is 0 Å². The van der Waals surface area contributed by atoms with Crippen molar-refractivity contribution in [2.45, 2.75) is 19.8 Å². The molecule has 1 unspecified atom stereocenters. The van der Waals surface area contributed by atoms with Crippen LogP contribution in [0.2, 0.25) is 0 Å². The Morgan fingerprint density at radius 3 is 3.21 bits per heavy atom. The van der Waals surface area contributed by atoms with E-state index in [1.54, 1.807) is 11.3 Å². The quantitative estimate of drug-likeness (QED) is 0.931. The fourth-order valence-corrected chi connectivity index (χ4v) is 3.72. The molecule has 0 saturated carbocycles. The third-order valence-corrected chi connectivity index (χ3v) is 4.75. The molecule has 1 fully saturated rings. The molecule has 2 aromatic rings. The summed E-state index contributed by atoms with van der Waals surface area (Å²) < 4.78 is 1.28. The van der Waals surface area contributed by atoms with E-state index in [1.165, 1.54) is 36.3 Å². The van der Waals surface area contributed by atoms with E-state index in [1.807, 2.05) is 0 Å². The molecule has 2 heterocycles. The summed E-state index contributed by atoms with van der Waals surface area (Å²) in [5.74, 6) is 0.776. The summed E-state index contributed by atoms with van der Waals surface area (Å²) in [6.45, 7) is 5.61. The molecular formula is C15H21N3S. The van der Waals surface area contributed by atoms with Gasteiger partial charge in [0.25, 0.3) is 0 Å². The SMILES string of the molecule is Cc1nc2ccc(NCC3CCCN(C)C3)cc2s1. The van der Waals surface area contributed by atoms with E-state index in [-0.39, 0.29) is 0 Å². The van der Waals surface area contributed by atoms with Crippen LogP contribution in [-0.2, 0) is 0 Å². The van der Waals surface area contributed by atoms with Crippen LogP contribution in [0.4, 0.5) is 5.69 Å². The summed E-state index contributed by atoms with van der Waals surface area (Å²) in [5.41, 5.74) is 2.34. The third-order valence-electron chi connectivity index (χ3n) is 3.81. The van der Waals surface area contributed by atoms with Gasteiger partial charge < -0.3 is 10.2 Å². The molecule has 0 spiro atoms. The lowest BCUT2D eigenvalue weighted by molar-refractivity contribution is 0.217. The Labute approximate surface area is 118 Å². The lowest BCUT2D eigenvalue weighted by atomic mass is 9.98. The van der Waals surface area contributed by atoms with Gasteiger partial charge in [0.2, 0.25) is 0 Å². The topological polar surface area (TPSA) is 28.2 Å². The van der Waals surface area contributed by atoms with E-state index < -0.39 is 0 Å². The van der Waals surface area contributed by atoms with Crippen molar-refractivity contribution in [2.75, 3.05) is 32.0 Å². The van der Waals surface area contributed by atoms with Crippen LogP contribution in [0.25, 0.3) is 10.2 Å². The van der Waals surface area contributed by atoms with Crippen molar-refractivity contribution in [3.05, 3.63) is 23.2 Å². The Balaban J connectivity index is 1.64. The molecule has 1 saturated heterocycles. The number of rotatable bonds is 3. The van der Waals surface area contributed by atoms with Crippen LogP contribution in [0.5, 0.6) is 0 Å². The van der Waals surface area contributed by atoms with Gasteiger partial charge in [0.05, 0.1) is 15.2 Å². The van der Waals surface area contributed by atoms with Gasteiger partial charge in [-0.25, -0.2) is 4.98 Å². The number of nitrogens with zero attached hydrogens (tertiary/aromatic N) is 2. The number of aromatic nitrogens is 1. The molecule has 1 aliphatic heterocycles. The monoisotopic (exact) mass is 275 g/mol. The predicted octanol–water partition coefficient (Wildman–Crippen LogP) is 3.36. The van der Waals surface area contributed by atoms with Crippen LogP contribution in [0.15, 0.2) is 18.2 Å². The number of fused-ring (bicyclic) bond motifs is 1. The van der Waals surface area contributed by atoms with Crippen LogP contribution < -0.4 is 5.32 Å². The molecule has 0 bridgehead atoms. The normalized spacial score (nSPS) is 20.8. The van der Waals surface area contributed by atoms with Gasteiger partial charge in [0.1, 0.15) is 0 Å². The average Bonchev–Trinajstić information content (AvgIpc) is 2.75. The number of piperidine rings is 1. The van der Waals surface area contributed by atoms with Crippen molar-refractivity contribution in [1.82, 2.24) is 9.88 Å². The van der Waals surface area contributed by atoms with Crippen LogP contribution in [0, 0.1) is 12.8 Å². The average molecular weight is 275 g/mol. The van der Waals surface area contributed by atoms with Gasteiger partial charge in [-0.3, -0.25) is 0 Å². The van der Waals surface area contributed by atoms with Gasteiger partial charge in [-0.15, -0.1) is 11.3 Å². The van der Waals surface area contributed by atoms with E-state index in [2.05, 4.69) is 47.4 Å². The Kier molecular flexibility index (Phi) is 3.71. The first-order valence-corrected chi connectivity index (χ1v) is 7.82. The number of benzene rings is 1. The first kappa shape index (κ1) is 12.9. The zero-order chi connectivity index (χ0) is 13.2. The van der Waals surface area contributed by atoms with Crippen LogP contribution in [0.3, 0.4) is 0 Å². The lowest BCUT2D eigenvalue weighted by Gasteiger charge is -2.29. The smallest absolute Gasteiger partial charge is 0.0907 e. The molecule has 1 aromatic carbocycles. The van der Waals surface area contributed by atoms with Crippen molar-refractivity contribution < 1.29 is 0 Å². The van der Waals surface area contributed by atoms with Crippen LogP contribution in [0.1, 0.15) is 17.8 Å². The van der Waals surface area contributed by atoms with E-state index in [9.17, 15) is 0 Å². The number of thiazole rings is 1. The van der Waals surface area contributed by atoms with Gasteiger partial charge in [-0.1, -0.05) is 0 Å². The number of hydrogen-bond donors (Lipinski definition) is 1. The highest BCUT2D eigenvalue weighted by Crippen LogP contribution is 2.25. The maximum atomic E-state index is 4.50. The number of aryl methyl sites for hydroxylation is 1. The number of likely N-dealkylation sites (tertiary alicyclic amines) is 1. The highest BCUT2D eigenvalue weighted by atomic mass is 32.1. The summed E-state index contributed by atoms with van der Waals surface area (Å²) >= 11 is 1.77. The van der Waals surface area contributed by atoms with Gasteiger partial charge in [0.15, 0.2) is 0 Å². The van der Waals surface area contributed by atoms with Crippen molar-refractivity contribution in [3.63, 3.8) is 0 Å². The minimum absolute atomic E-state index is 0.776. The second kappa shape index (κ2) is 5.47. The first-order valence-electron chi connectivity index (χ1n) is 7.00. The fourth-order valence-electron chi connectivity index (χ4n) is 2.85. The molecular weight excluding hydrogens is 254 g/mol. The minimum atomic E-state index is 0.776. The summed E-state index contributed by atoms with van der Waals surface area (Å²) in [7, 11) is 2.22. The molecule has 19 heavy (non-hydrogen) atoms. The molecule has 1 aliphatic rings. The molecule has 1 atom stereocenters. The summed E-state index contributed by atoms with van der Waals surface area (Å²) in [5, 5.41) is 4.73. The molecule has 1 aromatic heterocycles. The molecule has 4 heteroatoms. The van der Waals surface area contributed by atoms with Crippen molar-refractivity contribution in [2.24, 2.45) is 5.92 Å². The largest absolute Gasteiger partial charge is 0.385 e. The summed E-state index contributed by atoms with van der Waals surface area (Å²) in [4.78, 5) is 6.93. The minimum Gasteiger partial charge on any atom is -0.385 e. The zero-order valence-corrected chi connectivity index (χ0v) is 12.5. The Morgan fingerprint density at radius 1 is 1.47 bits per heavy atom. The van der Waals surface area contributed by atoms with Crippen molar-refractivity contribution in [1.29, 1.82) is 0 Å². The third kappa shape index (κ3) is 3.07. The Hall–Kier alpha value is -1.13. The van der Waals surface area contributed by atoms with Gasteiger partial charge in [-0.05, 0) is 57.5 Å². The van der Waals surface area contributed by atoms with Crippen molar-refractivity contribution >= 4 is 27.2 Å². The number of hydrogen-bond acceptors (Lipinski definition) is 4. The second-order valence-corrected chi connectivity index (χ2v) is 6.80. The highest BCUT2D eigenvalue weighted by Gasteiger charge is 2.16. The first-order chi connectivity index (χ1) is 9.20. The predicted molar refractivity (Wildman–Crippen MR) is 83.1 cm³/mol. The molecule has 0 aliphatic carbocycles. The summed E-state index contributed by atoms with van der Waals surface area (Å²) in [6, 6.07) is 6.49. The molecule has 3 nitrogen and oxygen atoms in total. The number of nitrogens with one attached hydrogen (secondary N) is 1. The van der Waals surface area contributed by atoms with Crippen molar-refractivity contribution in [3.8, 4) is 0 Å². The van der Waals surface area contributed by atoms with E-state index in [4.69, 9.17) is 0 Å². The lowest BCUT2D eigenvalue weighted by Crippen LogP contribution is -2.35. The molecule has 0 amide bonds. The van der Waals surface area contributed by atoms with E-state index in [0.717, 1.165) is 23.0 Å². The van der Waals surface area contributed by atoms with E-state index >= 15 is 0 Å². The fraction of sp³-hybridized carbons (Fsp3) is 0.533. The van der Waals surface area contributed by atoms with Crippen LogP contribution >= 0.6 is 11.3 Å². The molecule has 102 valence electrons. The van der Waals surface area contributed by atoms with Crippen LogP contribution in [-0.4, -0.2) is 36.6 Å². The van der Waals surface area contributed by atoms with Gasteiger partial charge in [0, 0.05) is 18.8 Å².